The van der Waals surface area contributed by atoms with Crippen molar-refractivity contribution >= 4 is 11.6 Å². The second kappa shape index (κ2) is 8.32. The van der Waals surface area contributed by atoms with E-state index in [0.29, 0.717) is 18.1 Å². The average molecular weight is 371 g/mol. The van der Waals surface area contributed by atoms with E-state index in [2.05, 4.69) is 48.3 Å². The van der Waals surface area contributed by atoms with Crippen molar-refractivity contribution in [3.8, 4) is 0 Å². The number of amides is 1. The maximum Gasteiger partial charge on any atom is 0.227 e. The molecule has 1 aromatic carbocycles. The Balaban J connectivity index is 1.28. The molecule has 1 saturated heterocycles. The van der Waals surface area contributed by atoms with Crippen LogP contribution in [0.2, 0.25) is 0 Å². The fraction of sp³-hybridized carbons (Fsp3) is 0.696. The van der Waals surface area contributed by atoms with Gasteiger partial charge in [0.1, 0.15) is 0 Å². The van der Waals surface area contributed by atoms with E-state index in [1.807, 2.05) is 0 Å². The van der Waals surface area contributed by atoms with Crippen molar-refractivity contribution in [3.63, 3.8) is 0 Å². The number of carbonyl (C=O) groups excluding carboxylic acids is 1. The highest BCUT2D eigenvalue weighted by Crippen LogP contribution is 2.54. The molecule has 3 atom stereocenters. The van der Waals surface area contributed by atoms with Crippen molar-refractivity contribution in [3.05, 3.63) is 29.8 Å². The van der Waals surface area contributed by atoms with Crippen LogP contribution in [0.3, 0.4) is 0 Å². The van der Waals surface area contributed by atoms with Gasteiger partial charge in [-0.1, -0.05) is 12.1 Å². The van der Waals surface area contributed by atoms with Crippen molar-refractivity contribution in [2.24, 2.45) is 17.8 Å². The van der Waals surface area contributed by atoms with Crippen LogP contribution in [0.1, 0.15) is 57.9 Å². The van der Waals surface area contributed by atoms with Crippen LogP contribution in [-0.4, -0.2) is 36.1 Å². The molecule has 0 bridgehead atoms. The third-order valence-corrected chi connectivity index (χ3v) is 6.45. The van der Waals surface area contributed by atoms with Gasteiger partial charge >= 0.3 is 0 Å². The van der Waals surface area contributed by atoms with E-state index in [1.165, 1.54) is 37.7 Å². The maximum absolute atomic E-state index is 12.4. The molecule has 0 spiro atoms. The number of hydrogen-bond donors (Lipinski definition) is 1. The molecule has 1 heterocycles. The van der Waals surface area contributed by atoms with Gasteiger partial charge in [0.25, 0.3) is 0 Å². The fourth-order valence-corrected chi connectivity index (χ4v) is 4.40. The van der Waals surface area contributed by atoms with E-state index in [9.17, 15) is 4.79 Å². The number of ether oxygens (including phenoxy) is 1. The summed E-state index contributed by atoms with van der Waals surface area (Å²) >= 11 is 0. The molecule has 1 aromatic rings. The molecule has 4 rings (SSSR count). The normalized spacial score (nSPS) is 27.8. The number of anilines is 1. The second-order valence-electron chi connectivity index (χ2n) is 9.04. The molecule has 148 valence electrons. The topological polar surface area (TPSA) is 41.6 Å². The molecule has 0 aromatic heterocycles. The molecule has 2 saturated carbocycles. The fourth-order valence-electron chi connectivity index (χ4n) is 4.40. The summed E-state index contributed by atoms with van der Waals surface area (Å²) in [6.45, 7) is 7.35. The monoisotopic (exact) mass is 370 g/mol. The number of nitrogens with one attached hydrogen (secondary N) is 1. The number of hydrogen-bond acceptors (Lipinski definition) is 3. The first-order valence-electron chi connectivity index (χ1n) is 10.9. The van der Waals surface area contributed by atoms with Gasteiger partial charge in [0, 0.05) is 37.3 Å². The largest absolute Gasteiger partial charge is 0.377 e. The van der Waals surface area contributed by atoms with Crippen molar-refractivity contribution < 1.29 is 9.53 Å². The minimum absolute atomic E-state index is 0.220. The van der Waals surface area contributed by atoms with Gasteiger partial charge in [0.2, 0.25) is 5.91 Å². The summed E-state index contributed by atoms with van der Waals surface area (Å²) in [5.41, 5.74) is 2.22. The highest BCUT2D eigenvalue weighted by Gasteiger charge is 2.51. The Labute approximate surface area is 163 Å². The van der Waals surface area contributed by atoms with Crippen LogP contribution < -0.4 is 5.32 Å². The lowest BCUT2D eigenvalue weighted by molar-refractivity contribution is -0.117. The van der Waals surface area contributed by atoms with E-state index in [4.69, 9.17) is 4.74 Å². The molecule has 4 nitrogen and oxygen atoms in total. The Bertz CT molecular complexity index is 632. The average Bonchev–Trinajstić information content (AvgIpc) is 3.55. The van der Waals surface area contributed by atoms with Crippen LogP contribution in [-0.2, 0) is 16.1 Å². The molecule has 4 heteroatoms. The zero-order valence-electron chi connectivity index (χ0n) is 16.8. The zero-order chi connectivity index (χ0) is 18.8. The van der Waals surface area contributed by atoms with Gasteiger partial charge in [-0.25, -0.2) is 0 Å². The Morgan fingerprint density at radius 1 is 1.19 bits per heavy atom. The summed E-state index contributed by atoms with van der Waals surface area (Å²) in [6, 6.07) is 8.90. The van der Waals surface area contributed by atoms with Crippen LogP contribution in [0.25, 0.3) is 0 Å². The first-order chi connectivity index (χ1) is 13.1. The highest BCUT2D eigenvalue weighted by molar-refractivity contribution is 5.94. The predicted molar refractivity (Wildman–Crippen MR) is 109 cm³/mol. The third-order valence-electron chi connectivity index (χ3n) is 6.45. The van der Waals surface area contributed by atoms with Crippen molar-refractivity contribution in [1.29, 1.82) is 0 Å². The summed E-state index contributed by atoms with van der Waals surface area (Å²) < 4.78 is 5.93. The van der Waals surface area contributed by atoms with E-state index < -0.39 is 0 Å². The SMILES string of the molecule is CC(C)N(Cc1ccc(NC(=O)C2CC2C2CC2)cc1)CC1CCCCO1. The molecule has 1 N–H and O–H groups in total. The van der Waals surface area contributed by atoms with Crippen molar-refractivity contribution in [2.45, 2.75) is 71.1 Å². The van der Waals surface area contributed by atoms with Gasteiger partial charge in [-0.15, -0.1) is 0 Å². The minimum Gasteiger partial charge on any atom is -0.377 e. The summed E-state index contributed by atoms with van der Waals surface area (Å²) in [5.74, 6) is 2.01. The molecule has 3 aliphatic rings. The molecule has 3 fully saturated rings. The Morgan fingerprint density at radius 3 is 2.59 bits per heavy atom. The Morgan fingerprint density at radius 2 is 1.96 bits per heavy atom. The lowest BCUT2D eigenvalue weighted by Gasteiger charge is -2.32. The van der Waals surface area contributed by atoms with Gasteiger partial charge in [0.05, 0.1) is 6.10 Å². The molecular formula is C23H34N2O2. The third kappa shape index (κ3) is 5.11. The molecule has 0 radical (unpaired) electrons. The van der Waals surface area contributed by atoms with Gasteiger partial charge in [-0.3, -0.25) is 9.69 Å². The van der Waals surface area contributed by atoms with Crippen LogP contribution >= 0.6 is 0 Å². The Kier molecular flexibility index (Phi) is 5.84. The van der Waals surface area contributed by atoms with E-state index in [0.717, 1.165) is 37.7 Å². The van der Waals surface area contributed by atoms with Gasteiger partial charge in [0.15, 0.2) is 0 Å². The number of nitrogens with zero attached hydrogens (tertiary/aromatic N) is 1. The number of benzene rings is 1. The van der Waals surface area contributed by atoms with Gasteiger partial charge in [-0.2, -0.15) is 0 Å². The smallest absolute Gasteiger partial charge is 0.227 e. The summed E-state index contributed by atoms with van der Waals surface area (Å²) in [7, 11) is 0. The maximum atomic E-state index is 12.4. The first-order valence-corrected chi connectivity index (χ1v) is 10.9. The number of rotatable bonds is 8. The number of carbonyl (C=O) groups is 1. The van der Waals surface area contributed by atoms with E-state index in [1.54, 1.807) is 0 Å². The predicted octanol–water partition coefficient (Wildman–Crippen LogP) is 4.45. The lowest BCUT2D eigenvalue weighted by atomic mass is 10.1. The van der Waals surface area contributed by atoms with E-state index >= 15 is 0 Å². The molecule has 27 heavy (non-hydrogen) atoms. The summed E-state index contributed by atoms with van der Waals surface area (Å²) in [5, 5.41) is 3.11. The summed E-state index contributed by atoms with van der Waals surface area (Å²) in [4.78, 5) is 14.9. The standard InChI is InChI=1S/C23H34N2O2/c1-16(2)25(15-20-5-3-4-12-27-20)14-17-6-10-19(11-7-17)24-23(26)22-13-21(22)18-8-9-18/h6-7,10-11,16,18,20-22H,3-5,8-9,12-15H2,1-2H3,(H,24,26). The Hall–Kier alpha value is -1.39. The molecule has 3 unspecified atom stereocenters. The quantitative estimate of drug-likeness (QED) is 0.735. The highest BCUT2D eigenvalue weighted by atomic mass is 16.5. The van der Waals surface area contributed by atoms with Crippen LogP contribution in [0.4, 0.5) is 5.69 Å². The van der Waals surface area contributed by atoms with Gasteiger partial charge in [-0.05, 0) is 81.9 Å². The second-order valence-corrected chi connectivity index (χ2v) is 9.04. The van der Waals surface area contributed by atoms with Crippen LogP contribution in [0, 0.1) is 17.8 Å². The van der Waals surface area contributed by atoms with Gasteiger partial charge < -0.3 is 10.1 Å². The molecular weight excluding hydrogens is 336 g/mol. The molecule has 1 amide bonds. The van der Waals surface area contributed by atoms with E-state index in [-0.39, 0.29) is 11.8 Å². The van der Waals surface area contributed by atoms with Crippen molar-refractivity contribution in [1.82, 2.24) is 4.90 Å². The first kappa shape index (κ1) is 18.9. The lowest BCUT2D eigenvalue weighted by Crippen LogP contribution is -2.39. The van der Waals surface area contributed by atoms with Crippen LogP contribution in [0.15, 0.2) is 24.3 Å². The van der Waals surface area contributed by atoms with Crippen molar-refractivity contribution in [2.75, 3.05) is 18.5 Å². The molecule has 2 aliphatic carbocycles. The zero-order valence-corrected chi connectivity index (χ0v) is 16.8. The minimum atomic E-state index is 0.220. The van der Waals surface area contributed by atoms with Crippen LogP contribution in [0.5, 0.6) is 0 Å². The summed E-state index contributed by atoms with van der Waals surface area (Å²) in [6.07, 6.45) is 7.81. The molecule has 1 aliphatic heterocycles.